The summed E-state index contributed by atoms with van der Waals surface area (Å²) in [4.78, 5) is 42.1. The fourth-order valence-corrected chi connectivity index (χ4v) is 4.93. The Labute approximate surface area is 254 Å². The maximum atomic E-state index is 14.1. The molecule has 0 aliphatic heterocycles. The maximum absolute atomic E-state index is 14.1. The Bertz CT molecular complexity index is 1150. The first kappa shape index (κ1) is 34.3. The number of halogens is 1. The molecule has 2 atom stereocenters. The summed E-state index contributed by atoms with van der Waals surface area (Å²) in [5.41, 5.74) is 0.855. The number of anilines is 1. The second-order valence-corrected chi connectivity index (χ2v) is 11.9. The molecule has 0 spiro atoms. The van der Waals surface area contributed by atoms with Gasteiger partial charge >= 0.3 is 6.09 Å². The topological polar surface area (TPSA) is 108 Å². The molecule has 8 nitrogen and oxygen atoms in total. The van der Waals surface area contributed by atoms with Crippen molar-refractivity contribution in [2.45, 2.75) is 90.8 Å². The molecule has 0 aliphatic rings. The van der Waals surface area contributed by atoms with E-state index in [1.165, 1.54) is 17.0 Å². The summed E-state index contributed by atoms with van der Waals surface area (Å²) in [5, 5.41) is 16.2. The standard InChI is InChI=1S/C31H44ClN3O5S/c1-6-7-8-9-10-11-18-35(29(38)25(20-41)33-30(39)40-31(3,4)5)27(22-15-13-16-23(36)19-22)28(37)34-26-21(2)14-12-17-24(26)32/h12-17,19,25,27,36,41H,6-11,18,20H2,1-5H3,(H,33,39)(H,34,37). The lowest BCUT2D eigenvalue weighted by atomic mass is 10.0. The molecule has 0 saturated carbocycles. The summed E-state index contributed by atoms with van der Waals surface area (Å²) in [6.07, 6.45) is 5.11. The summed E-state index contributed by atoms with van der Waals surface area (Å²) in [7, 11) is 0. The minimum atomic E-state index is -1.12. The SMILES string of the molecule is CCCCCCCCN(C(=O)C(CS)NC(=O)OC(C)(C)C)C(C(=O)Nc1c(C)cccc1Cl)c1cccc(O)c1. The van der Waals surface area contributed by atoms with Gasteiger partial charge < -0.3 is 25.4 Å². The first-order valence-electron chi connectivity index (χ1n) is 14.1. The van der Waals surface area contributed by atoms with Crippen LogP contribution in [0.15, 0.2) is 42.5 Å². The highest BCUT2D eigenvalue weighted by Crippen LogP contribution is 2.31. The number of nitrogens with one attached hydrogen (secondary N) is 2. The number of nitrogens with zero attached hydrogens (tertiary/aromatic N) is 1. The average molecular weight is 606 g/mol. The fourth-order valence-electron chi connectivity index (χ4n) is 4.41. The molecule has 41 heavy (non-hydrogen) atoms. The molecule has 226 valence electrons. The lowest BCUT2D eigenvalue weighted by Gasteiger charge is -2.34. The van der Waals surface area contributed by atoms with E-state index in [9.17, 15) is 19.5 Å². The summed E-state index contributed by atoms with van der Waals surface area (Å²) >= 11 is 10.8. The van der Waals surface area contributed by atoms with Crippen LogP contribution < -0.4 is 10.6 Å². The van der Waals surface area contributed by atoms with Gasteiger partial charge in [0.2, 0.25) is 5.91 Å². The lowest BCUT2D eigenvalue weighted by molar-refractivity contribution is -0.140. The van der Waals surface area contributed by atoms with Gasteiger partial charge in [0.1, 0.15) is 23.4 Å². The lowest BCUT2D eigenvalue weighted by Crippen LogP contribution is -2.53. The largest absolute Gasteiger partial charge is 0.508 e. The van der Waals surface area contributed by atoms with Gasteiger partial charge in [-0.3, -0.25) is 9.59 Å². The number of aromatic hydroxyl groups is 1. The molecule has 0 fully saturated rings. The van der Waals surface area contributed by atoms with Crippen molar-refractivity contribution in [3.63, 3.8) is 0 Å². The minimum absolute atomic E-state index is 0.0108. The molecule has 2 aromatic rings. The molecule has 10 heteroatoms. The van der Waals surface area contributed by atoms with E-state index in [4.69, 9.17) is 16.3 Å². The zero-order valence-corrected chi connectivity index (χ0v) is 26.4. The monoisotopic (exact) mass is 605 g/mol. The smallest absolute Gasteiger partial charge is 0.408 e. The number of ether oxygens (including phenoxy) is 1. The molecular weight excluding hydrogens is 562 g/mol. The van der Waals surface area contributed by atoms with Crippen LogP contribution in [0, 0.1) is 6.92 Å². The van der Waals surface area contributed by atoms with Crippen LogP contribution in [0.3, 0.4) is 0 Å². The normalized spacial score (nSPS) is 12.8. The Hall–Kier alpha value is -2.91. The summed E-state index contributed by atoms with van der Waals surface area (Å²) in [6, 6.07) is 9.37. The highest BCUT2D eigenvalue weighted by molar-refractivity contribution is 7.80. The van der Waals surface area contributed by atoms with Gasteiger partial charge in [-0.25, -0.2) is 4.79 Å². The van der Waals surface area contributed by atoms with Crippen molar-refractivity contribution in [3.8, 4) is 5.75 Å². The second-order valence-electron chi connectivity index (χ2n) is 11.1. The summed E-state index contributed by atoms with van der Waals surface area (Å²) in [6.45, 7) is 9.41. The number of hydrogen-bond acceptors (Lipinski definition) is 6. The molecule has 0 saturated heterocycles. The predicted molar refractivity (Wildman–Crippen MR) is 168 cm³/mol. The highest BCUT2D eigenvalue weighted by atomic mass is 35.5. The van der Waals surface area contributed by atoms with E-state index >= 15 is 0 Å². The summed E-state index contributed by atoms with van der Waals surface area (Å²) in [5.74, 6) is -1.04. The van der Waals surface area contributed by atoms with Gasteiger partial charge in [0.15, 0.2) is 0 Å². The highest BCUT2D eigenvalue weighted by Gasteiger charge is 2.36. The molecule has 0 radical (unpaired) electrons. The number of phenols is 1. The number of thiol groups is 1. The van der Waals surface area contributed by atoms with Crippen molar-refractivity contribution in [1.82, 2.24) is 10.2 Å². The van der Waals surface area contributed by atoms with Crippen molar-refractivity contribution in [2.75, 3.05) is 17.6 Å². The molecule has 0 aliphatic carbocycles. The number of para-hydroxylation sites is 1. The molecule has 2 aromatic carbocycles. The van der Waals surface area contributed by atoms with Crippen LogP contribution in [-0.4, -0.2) is 51.9 Å². The number of carbonyl (C=O) groups excluding carboxylic acids is 3. The number of benzene rings is 2. The minimum Gasteiger partial charge on any atom is -0.508 e. The molecule has 0 bridgehead atoms. The number of alkyl carbamates (subject to hydrolysis) is 1. The molecule has 2 unspecified atom stereocenters. The Morgan fingerprint density at radius 3 is 2.32 bits per heavy atom. The van der Waals surface area contributed by atoms with Gasteiger partial charge in [-0.2, -0.15) is 12.6 Å². The van der Waals surface area contributed by atoms with Crippen LogP contribution in [0.4, 0.5) is 10.5 Å². The fraction of sp³-hybridized carbons (Fsp3) is 0.516. The third-order valence-corrected chi connectivity index (χ3v) is 7.10. The van der Waals surface area contributed by atoms with Gasteiger partial charge in [0, 0.05) is 12.3 Å². The Morgan fingerprint density at radius 1 is 1.05 bits per heavy atom. The molecule has 3 amide bonds. The zero-order chi connectivity index (χ0) is 30.6. The van der Waals surface area contributed by atoms with Crippen LogP contribution in [0.1, 0.15) is 83.4 Å². The van der Waals surface area contributed by atoms with Gasteiger partial charge in [0.05, 0.1) is 10.7 Å². The maximum Gasteiger partial charge on any atom is 0.408 e. The number of rotatable bonds is 14. The van der Waals surface area contributed by atoms with E-state index in [0.717, 1.165) is 37.7 Å². The predicted octanol–water partition coefficient (Wildman–Crippen LogP) is 7.05. The number of hydrogen-bond donors (Lipinski definition) is 4. The summed E-state index contributed by atoms with van der Waals surface area (Å²) < 4.78 is 5.37. The van der Waals surface area contributed by atoms with Crippen molar-refractivity contribution in [1.29, 1.82) is 0 Å². The number of aryl methyl sites for hydroxylation is 1. The first-order chi connectivity index (χ1) is 19.4. The zero-order valence-electron chi connectivity index (χ0n) is 24.7. The van der Waals surface area contributed by atoms with E-state index in [0.29, 0.717) is 22.7 Å². The van der Waals surface area contributed by atoms with E-state index in [1.807, 2.05) is 13.0 Å². The van der Waals surface area contributed by atoms with Gasteiger partial charge in [-0.15, -0.1) is 0 Å². The van der Waals surface area contributed by atoms with Gasteiger partial charge in [-0.1, -0.05) is 74.9 Å². The Kier molecular flexibility index (Phi) is 13.8. The molecule has 3 N–H and O–H groups in total. The van der Waals surface area contributed by atoms with Crippen molar-refractivity contribution in [3.05, 3.63) is 58.6 Å². The third-order valence-electron chi connectivity index (χ3n) is 6.42. The molecule has 0 heterocycles. The van der Waals surface area contributed by atoms with Gasteiger partial charge in [0.25, 0.3) is 5.91 Å². The quantitative estimate of drug-likeness (QED) is 0.136. The van der Waals surface area contributed by atoms with E-state index in [-0.39, 0.29) is 18.0 Å². The van der Waals surface area contributed by atoms with Crippen LogP contribution in [-0.2, 0) is 14.3 Å². The van der Waals surface area contributed by atoms with Crippen LogP contribution in [0.25, 0.3) is 0 Å². The van der Waals surface area contributed by atoms with Crippen LogP contribution >= 0.6 is 24.2 Å². The molecule has 0 aromatic heterocycles. The van der Waals surface area contributed by atoms with Crippen LogP contribution in [0.2, 0.25) is 5.02 Å². The number of phenolic OH excluding ortho intramolecular Hbond substituents is 1. The van der Waals surface area contributed by atoms with Crippen LogP contribution in [0.5, 0.6) is 5.75 Å². The van der Waals surface area contributed by atoms with Crippen molar-refractivity contribution < 1.29 is 24.2 Å². The molecule has 2 rings (SSSR count). The number of amides is 3. The van der Waals surface area contributed by atoms with E-state index < -0.39 is 35.6 Å². The first-order valence-corrected chi connectivity index (χ1v) is 15.1. The van der Waals surface area contributed by atoms with E-state index in [1.54, 1.807) is 45.0 Å². The number of carbonyl (C=O) groups is 3. The molecular formula is C31H44ClN3O5S. The van der Waals surface area contributed by atoms with Crippen molar-refractivity contribution >= 4 is 47.8 Å². The third kappa shape index (κ3) is 11.1. The van der Waals surface area contributed by atoms with E-state index in [2.05, 4.69) is 30.2 Å². The van der Waals surface area contributed by atoms with Crippen molar-refractivity contribution in [2.24, 2.45) is 0 Å². The average Bonchev–Trinajstić information content (AvgIpc) is 2.89. The van der Waals surface area contributed by atoms with Gasteiger partial charge in [-0.05, 0) is 63.4 Å². The second kappa shape index (κ2) is 16.5. The Balaban J connectivity index is 2.49. The Morgan fingerprint density at radius 2 is 1.71 bits per heavy atom. The number of unbranched alkanes of at least 4 members (excludes halogenated alkanes) is 5.